The lowest BCUT2D eigenvalue weighted by molar-refractivity contribution is 0.0837. The van der Waals surface area contributed by atoms with Crippen molar-refractivity contribution < 1.29 is 4.79 Å². The van der Waals surface area contributed by atoms with Crippen molar-refractivity contribution in [2.24, 2.45) is 5.41 Å². The molecule has 1 rings (SSSR count). The molecule has 0 saturated heterocycles. The van der Waals surface area contributed by atoms with Crippen LogP contribution in [0.1, 0.15) is 46.5 Å². The van der Waals surface area contributed by atoms with Crippen LogP contribution in [0.2, 0.25) is 0 Å². The van der Waals surface area contributed by atoms with Crippen molar-refractivity contribution in [1.82, 2.24) is 5.32 Å². The Kier molecular flexibility index (Phi) is 4.33. The Hall–Kier alpha value is -1.15. The van der Waals surface area contributed by atoms with Gasteiger partial charge in [-0.1, -0.05) is 19.9 Å². The summed E-state index contributed by atoms with van der Waals surface area (Å²) in [5.74, 6) is 0.235. The molecule has 2 heteroatoms. The normalized spacial score (nSPS) is 11.7. The molecule has 0 unspecified atom stereocenters. The van der Waals surface area contributed by atoms with E-state index in [4.69, 9.17) is 0 Å². The lowest BCUT2D eigenvalue weighted by Gasteiger charge is -2.26. The highest BCUT2D eigenvalue weighted by atomic mass is 16.1. The van der Waals surface area contributed by atoms with Crippen molar-refractivity contribution in [3.05, 3.63) is 33.9 Å². The largest absolute Gasteiger partial charge is 0.319 e. The summed E-state index contributed by atoms with van der Waals surface area (Å²) in [6.45, 7) is 12.9. The van der Waals surface area contributed by atoms with Gasteiger partial charge in [0.2, 0.25) is 0 Å². The number of carbonyl (C=O) groups is 1. The number of carbonyl (C=O) groups excluding carboxylic acids is 1. The van der Waals surface area contributed by atoms with Gasteiger partial charge in [-0.2, -0.15) is 0 Å². The van der Waals surface area contributed by atoms with Crippen molar-refractivity contribution in [2.75, 3.05) is 13.6 Å². The van der Waals surface area contributed by atoms with Crippen molar-refractivity contribution in [2.45, 2.75) is 41.5 Å². The first-order valence-electron chi connectivity index (χ1n) is 6.49. The van der Waals surface area contributed by atoms with Gasteiger partial charge in [0.25, 0.3) is 0 Å². The van der Waals surface area contributed by atoms with Gasteiger partial charge in [-0.25, -0.2) is 0 Å². The Morgan fingerprint density at radius 1 is 1.11 bits per heavy atom. The third kappa shape index (κ3) is 2.64. The minimum atomic E-state index is -0.371. The Morgan fingerprint density at radius 2 is 1.56 bits per heavy atom. The molecule has 0 bridgehead atoms. The Morgan fingerprint density at radius 3 is 1.94 bits per heavy atom. The predicted molar refractivity (Wildman–Crippen MR) is 77.4 cm³/mol. The molecule has 0 saturated carbocycles. The van der Waals surface area contributed by atoms with Crippen LogP contribution in [0.3, 0.4) is 0 Å². The van der Waals surface area contributed by atoms with E-state index in [-0.39, 0.29) is 11.2 Å². The van der Waals surface area contributed by atoms with E-state index < -0.39 is 0 Å². The first-order valence-corrected chi connectivity index (χ1v) is 6.49. The van der Waals surface area contributed by atoms with Crippen LogP contribution in [0.4, 0.5) is 0 Å². The molecule has 0 aliphatic carbocycles. The molecule has 100 valence electrons. The Labute approximate surface area is 111 Å². The summed E-state index contributed by atoms with van der Waals surface area (Å²) in [6, 6.07) is 2.16. The van der Waals surface area contributed by atoms with Gasteiger partial charge in [0, 0.05) is 17.5 Å². The summed E-state index contributed by atoms with van der Waals surface area (Å²) >= 11 is 0. The van der Waals surface area contributed by atoms with Gasteiger partial charge in [-0.15, -0.1) is 0 Å². The molecule has 18 heavy (non-hydrogen) atoms. The lowest BCUT2D eigenvalue weighted by Crippen LogP contribution is -2.35. The summed E-state index contributed by atoms with van der Waals surface area (Å²) in [5.41, 5.74) is 5.17. The molecule has 0 spiro atoms. The molecule has 1 aromatic carbocycles. The van der Waals surface area contributed by atoms with Crippen molar-refractivity contribution in [3.63, 3.8) is 0 Å². The van der Waals surface area contributed by atoms with Gasteiger partial charge in [-0.3, -0.25) is 4.79 Å². The molecule has 0 aliphatic heterocycles. The number of benzene rings is 1. The number of Topliss-reactive ketones (excluding diaryl/α,β-unsaturated/α-hetero) is 1. The second-order valence-corrected chi connectivity index (χ2v) is 5.88. The summed E-state index contributed by atoms with van der Waals surface area (Å²) in [5, 5.41) is 3.11. The van der Waals surface area contributed by atoms with E-state index in [0.717, 1.165) is 16.7 Å². The third-order valence-electron chi connectivity index (χ3n) is 3.83. The molecule has 0 aliphatic rings. The van der Waals surface area contributed by atoms with E-state index in [1.807, 2.05) is 34.7 Å². The van der Waals surface area contributed by atoms with Crippen LogP contribution in [-0.2, 0) is 0 Å². The standard InChI is InChI=1S/C16H25NO/c1-10-8-11(2)13(4)14(12(10)3)15(18)16(5,6)9-17-7/h8,17H,9H2,1-7H3. The summed E-state index contributed by atoms with van der Waals surface area (Å²) in [6.07, 6.45) is 0. The second kappa shape index (κ2) is 5.23. The summed E-state index contributed by atoms with van der Waals surface area (Å²) in [4.78, 5) is 12.8. The maximum Gasteiger partial charge on any atom is 0.170 e. The first kappa shape index (κ1) is 14.9. The summed E-state index contributed by atoms with van der Waals surface area (Å²) in [7, 11) is 1.89. The van der Waals surface area contributed by atoms with Crippen molar-refractivity contribution in [3.8, 4) is 0 Å². The van der Waals surface area contributed by atoms with Gasteiger partial charge < -0.3 is 5.32 Å². The molecule has 0 amide bonds. The highest BCUT2D eigenvalue weighted by Gasteiger charge is 2.30. The molecule has 1 aromatic rings. The number of aryl methyl sites for hydroxylation is 2. The Balaban J connectivity index is 3.38. The zero-order valence-corrected chi connectivity index (χ0v) is 12.7. The van der Waals surface area contributed by atoms with E-state index in [0.29, 0.717) is 6.54 Å². The third-order valence-corrected chi connectivity index (χ3v) is 3.83. The van der Waals surface area contributed by atoms with Crippen LogP contribution in [0.15, 0.2) is 6.07 Å². The van der Waals surface area contributed by atoms with E-state index in [1.165, 1.54) is 11.1 Å². The van der Waals surface area contributed by atoms with Crippen molar-refractivity contribution in [1.29, 1.82) is 0 Å². The minimum absolute atomic E-state index is 0.235. The predicted octanol–water partition coefficient (Wildman–Crippen LogP) is 3.35. The van der Waals surface area contributed by atoms with Crippen LogP contribution in [0, 0.1) is 33.1 Å². The maximum atomic E-state index is 12.8. The average molecular weight is 247 g/mol. The SMILES string of the molecule is CNCC(C)(C)C(=O)c1c(C)c(C)cc(C)c1C. The van der Waals surface area contributed by atoms with Gasteiger partial charge in [-0.05, 0) is 57.0 Å². The molecule has 0 radical (unpaired) electrons. The quantitative estimate of drug-likeness (QED) is 0.827. The van der Waals surface area contributed by atoms with Crippen LogP contribution in [0.5, 0.6) is 0 Å². The maximum absolute atomic E-state index is 12.8. The Bertz CT molecular complexity index is 446. The van der Waals surface area contributed by atoms with E-state index in [9.17, 15) is 4.79 Å². The highest BCUT2D eigenvalue weighted by molar-refractivity contribution is 6.03. The topological polar surface area (TPSA) is 29.1 Å². The van der Waals surface area contributed by atoms with Gasteiger partial charge in [0.1, 0.15) is 0 Å². The second-order valence-electron chi connectivity index (χ2n) is 5.88. The molecule has 2 nitrogen and oxygen atoms in total. The number of nitrogens with one attached hydrogen (secondary N) is 1. The number of rotatable bonds is 4. The van der Waals surface area contributed by atoms with E-state index in [2.05, 4.69) is 25.2 Å². The van der Waals surface area contributed by atoms with Crippen LogP contribution >= 0.6 is 0 Å². The monoisotopic (exact) mass is 247 g/mol. The smallest absolute Gasteiger partial charge is 0.170 e. The van der Waals surface area contributed by atoms with Crippen LogP contribution in [0.25, 0.3) is 0 Å². The molecular weight excluding hydrogens is 222 g/mol. The minimum Gasteiger partial charge on any atom is -0.319 e. The molecule has 0 atom stereocenters. The fourth-order valence-corrected chi connectivity index (χ4v) is 2.42. The number of ketones is 1. The fourth-order valence-electron chi connectivity index (χ4n) is 2.42. The zero-order valence-electron chi connectivity index (χ0n) is 12.7. The molecule has 0 fully saturated rings. The first-order chi connectivity index (χ1) is 8.22. The number of hydrogen-bond acceptors (Lipinski definition) is 2. The van der Waals surface area contributed by atoms with E-state index in [1.54, 1.807) is 0 Å². The zero-order chi connectivity index (χ0) is 14.1. The van der Waals surface area contributed by atoms with Gasteiger partial charge in [0.15, 0.2) is 5.78 Å². The lowest BCUT2D eigenvalue weighted by atomic mass is 9.79. The molecule has 0 heterocycles. The molecule has 0 aromatic heterocycles. The molecular formula is C16H25NO. The van der Waals surface area contributed by atoms with Gasteiger partial charge in [0.05, 0.1) is 0 Å². The van der Waals surface area contributed by atoms with Crippen LogP contribution in [-0.4, -0.2) is 19.4 Å². The van der Waals surface area contributed by atoms with E-state index >= 15 is 0 Å². The molecule has 1 N–H and O–H groups in total. The van der Waals surface area contributed by atoms with Crippen molar-refractivity contribution >= 4 is 5.78 Å². The van der Waals surface area contributed by atoms with Crippen LogP contribution < -0.4 is 5.32 Å². The fraction of sp³-hybridized carbons (Fsp3) is 0.562. The highest BCUT2D eigenvalue weighted by Crippen LogP contribution is 2.29. The summed E-state index contributed by atoms with van der Waals surface area (Å²) < 4.78 is 0. The average Bonchev–Trinajstić information content (AvgIpc) is 2.26. The number of hydrogen-bond donors (Lipinski definition) is 1. The van der Waals surface area contributed by atoms with Gasteiger partial charge >= 0.3 is 0 Å².